The Hall–Kier alpha value is -4.27. The Labute approximate surface area is 258 Å². The van der Waals surface area contributed by atoms with Gasteiger partial charge >= 0.3 is 12.4 Å². The van der Waals surface area contributed by atoms with Crippen LogP contribution in [0.15, 0.2) is 97.1 Å². The molecule has 0 atom stereocenters. The number of carbonyl (C=O) groups excluding carboxylic acids is 1. The van der Waals surface area contributed by atoms with Crippen molar-refractivity contribution in [2.24, 2.45) is 0 Å². The molecule has 0 amide bonds. The minimum atomic E-state index is -5.73. The SMILES string of the molecule is CC(C)(C)Oc1ccc(C(c2ccc(Oc3ccc(C(=O)c4ccc(C(C)(C)C)cc4)cc3)cc2)(C(F)(F)F)C(F)(F)F)cc1. The molecule has 0 aromatic heterocycles. The molecule has 0 radical (unpaired) electrons. The Morgan fingerprint density at radius 3 is 1.18 bits per heavy atom. The molecule has 0 saturated carbocycles. The van der Waals surface area contributed by atoms with Gasteiger partial charge in [-0.1, -0.05) is 69.3 Å². The number of rotatable bonds is 7. The van der Waals surface area contributed by atoms with Crippen molar-refractivity contribution >= 4 is 5.78 Å². The lowest BCUT2D eigenvalue weighted by atomic mass is 9.73. The summed E-state index contributed by atoms with van der Waals surface area (Å²) in [6.45, 7) is 11.3. The van der Waals surface area contributed by atoms with E-state index in [1.807, 2.05) is 12.1 Å². The monoisotopic (exact) mass is 628 g/mol. The van der Waals surface area contributed by atoms with Gasteiger partial charge in [0.1, 0.15) is 22.8 Å². The largest absolute Gasteiger partial charge is 0.488 e. The Morgan fingerprint density at radius 2 is 0.822 bits per heavy atom. The van der Waals surface area contributed by atoms with Crippen LogP contribution in [0.2, 0.25) is 0 Å². The van der Waals surface area contributed by atoms with E-state index in [0.29, 0.717) is 11.1 Å². The zero-order chi connectivity index (χ0) is 33.4. The molecule has 238 valence electrons. The van der Waals surface area contributed by atoms with Crippen LogP contribution in [0.4, 0.5) is 26.3 Å². The standard InChI is InChI=1S/C36H34F6O3/c1-32(2,3)25-11-7-23(8-12-25)31(43)24-9-17-28(18-10-24)44-29-19-13-26(14-20-29)34(35(37,38)39,36(40,41)42)27-15-21-30(22-16-27)45-33(4,5)6/h7-22H,1-6H3. The molecule has 4 rings (SSSR count). The predicted molar refractivity (Wildman–Crippen MR) is 161 cm³/mol. The first-order valence-electron chi connectivity index (χ1n) is 14.2. The molecule has 9 heteroatoms. The Kier molecular flexibility index (Phi) is 8.90. The lowest BCUT2D eigenvalue weighted by Gasteiger charge is -2.38. The molecular weight excluding hydrogens is 594 g/mol. The highest BCUT2D eigenvalue weighted by atomic mass is 19.4. The third-order valence-electron chi connectivity index (χ3n) is 7.21. The van der Waals surface area contributed by atoms with Crippen LogP contribution in [0, 0.1) is 0 Å². The Morgan fingerprint density at radius 1 is 0.489 bits per heavy atom. The molecule has 0 N–H and O–H groups in total. The van der Waals surface area contributed by atoms with Gasteiger partial charge in [-0.05, 0) is 91.4 Å². The fourth-order valence-electron chi connectivity index (χ4n) is 4.98. The van der Waals surface area contributed by atoms with Crippen molar-refractivity contribution in [2.75, 3.05) is 0 Å². The van der Waals surface area contributed by atoms with Crippen LogP contribution < -0.4 is 9.47 Å². The second-order valence-corrected chi connectivity index (χ2v) is 12.8. The molecular formula is C36H34F6O3. The molecule has 0 aliphatic heterocycles. The first-order valence-corrected chi connectivity index (χ1v) is 14.2. The summed E-state index contributed by atoms with van der Waals surface area (Å²) in [5.74, 6) is 0.192. The van der Waals surface area contributed by atoms with Gasteiger partial charge in [0, 0.05) is 11.1 Å². The van der Waals surface area contributed by atoms with Gasteiger partial charge in [-0.3, -0.25) is 4.79 Å². The molecule has 0 heterocycles. The zero-order valence-corrected chi connectivity index (χ0v) is 25.7. The van der Waals surface area contributed by atoms with Gasteiger partial charge in [0.2, 0.25) is 5.41 Å². The van der Waals surface area contributed by atoms with Gasteiger partial charge in [-0.25, -0.2) is 0 Å². The maximum Gasteiger partial charge on any atom is 0.411 e. The second kappa shape index (κ2) is 11.9. The van der Waals surface area contributed by atoms with E-state index >= 15 is 0 Å². The number of ketones is 1. The molecule has 0 unspecified atom stereocenters. The number of benzene rings is 4. The van der Waals surface area contributed by atoms with Crippen molar-refractivity contribution < 1.29 is 40.6 Å². The molecule has 0 bridgehead atoms. The zero-order valence-electron chi connectivity index (χ0n) is 25.7. The third kappa shape index (κ3) is 7.18. The fraction of sp³-hybridized carbons (Fsp3) is 0.306. The van der Waals surface area contributed by atoms with Crippen LogP contribution in [0.1, 0.15) is 74.2 Å². The summed E-state index contributed by atoms with van der Waals surface area (Å²) in [4.78, 5) is 12.9. The normalized spacial score (nSPS) is 13.0. The molecule has 0 aliphatic carbocycles. The van der Waals surface area contributed by atoms with Crippen LogP contribution in [0.25, 0.3) is 0 Å². The molecule has 0 saturated heterocycles. The number of hydrogen-bond acceptors (Lipinski definition) is 3. The predicted octanol–water partition coefficient (Wildman–Crippen LogP) is 10.6. The van der Waals surface area contributed by atoms with Crippen LogP contribution in [-0.4, -0.2) is 23.7 Å². The highest BCUT2D eigenvalue weighted by molar-refractivity contribution is 6.09. The topological polar surface area (TPSA) is 35.5 Å². The van der Waals surface area contributed by atoms with E-state index in [-0.39, 0.29) is 28.4 Å². The molecule has 4 aromatic carbocycles. The van der Waals surface area contributed by atoms with E-state index in [2.05, 4.69) is 20.8 Å². The quantitative estimate of drug-likeness (QED) is 0.151. The van der Waals surface area contributed by atoms with Crippen LogP contribution in [0.5, 0.6) is 17.2 Å². The first-order chi connectivity index (χ1) is 20.7. The van der Waals surface area contributed by atoms with Gasteiger partial charge in [0.05, 0.1) is 0 Å². The van der Waals surface area contributed by atoms with Gasteiger partial charge in [0.25, 0.3) is 0 Å². The number of ether oxygens (including phenoxy) is 2. The fourth-order valence-corrected chi connectivity index (χ4v) is 4.98. The molecule has 3 nitrogen and oxygen atoms in total. The van der Waals surface area contributed by atoms with E-state index in [4.69, 9.17) is 9.47 Å². The summed E-state index contributed by atoms with van der Waals surface area (Å²) in [5.41, 5.74) is -5.10. The van der Waals surface area contributed by atoms with Gasteiger partial charge in [0.15, 0.2) is 5.78 Å². The van der Waals surface area contributed by atoms with E-state index in [1.165, 1.54) is 24.3 Å². The van der Waals surface area contributed by atoms with E-state index < -0.39 is 34.5 Å². The third-order valence-corrected chi connectivity index (χ3v) is 7.21. The average Bonchev–Trinajstić information content (AvgIpc) is 2.92. The van der Waals surface area contributed by atoms with Crippen molar-refractivity contribution in [3.05, 3.63) is 125 Å². The highest BCUT2D eigenvalue weighted by Crippen LogP contribution is 2.56. The van der Waals surface area contributed by atoms with Crippen molar-refractivity contribution in [3.63, 3.8) is 0 Å². The highest BCUT2D eigenvalue weighted by Gasteiger charge is 2.72. The second-order valence-electron chi connectivity index (χ2n) is 12.8. The Bertz CT molecular complexity index is 1590. The lowest BCUT2D eigenvalue weighted by Crippen LogP contribution is -2.54. The number of hydrogen-bond donors (Lipinski definition) is 0. The van der Waals surface area contributed by atoms with Gasteiger partial charge < -0.3 is 9.47 Å². The minimum absolute atomic E-state index is 0.0165. The van der Waals surface area contributed by atoms with Gasteiger partial charge in [-0.15, -0.1) is 0 Å². The summed E-state index contributed by atoms with van der Waals surface area (Å²) >= 11 is 0. The summed E-state index contributed by atoms with van der Waals surface area (Å²) < 4.78 is 98.6. The van der Waals surface area contributed by atoms with Crippen molar-refractivity contribution in [2.45, 2.75) is 70.3 Å². The van der Waals surface area contributed by atoms with Crippen LogP contribution in [-0.2, 0) is 10.8 Å². The van der Waals surface area contributed by atoms with Gasteiger partial charge in [-0.2, -0.15) is 26.3 Å². The van der Waals surface area contributed by atoms with E-state index in [9.17, 15) is 31.1 Å². The number of alkyl halides is 6. The summed E-state index contributed by atoms with van der Waals surface area (Å²) in [5, 5.41) is 0. The molecule has 0 fully saturated rings. The van der Waals surface area contributed by atoms with Crippen molar-refractivity contribution in [1.29, 1.82) is 0 Å². The van der Waals surface area contributed by atoms with Crippen molar-refractivity contribution in [1.82, 2.24) is 0 Å². The number of halogens is 6. The molecule has 45 heavy (non-hydrogen) atoms. The van der Waals surface area contributed by atoms with E-state index in [1.54, 1.807) is 32.9 Å². The van der Waals surface area contributed by atoms with E-state index in [0.717, 1.165) is 54.1 Å². The summed E-state index contributed by atoms with van der Waals surface area (Å²) in [6, 6.07) is 20.8. The van der Waals surface area contributed by atoms with Crippen LogP contribution in [0.3, 0.4) is 0 Å². The summed E-state index contributed by atoms with van der Waals surface area (Å²) in [7, 11) is 0. The Balaban J connectivity index is 1.59. The molecule has 4 aromatic rings. The molecule has 0 aliphatic rings. The van der Waals surface area contributed by atoms with Crippen molar-refractivity contribution in [3.8, 4) is 17.2 Å². The average molecular weight is 629 g/mol. The summed E-state index contributed by atoms with van der Waals surface area (Å²) in [6.07, 6.45) is -11.5. The maximum atomic E-state index is 14.5. The molecule has 0 spiro atoms. The first kappa shape index (κ1) is 33.6. The lowest BCUT2D eigenvalue weighted by molar-refractivity contribution is -0.288. The maximum absolute atomic E-state index is 14.5. The smallest absolute Gasteiger partial charge is 0.411 e. The number of carbonyl (C=O) groups is 1. The van der Waals surface area contributed by atoms with Crippen LogP contribution >= 0.6 is 0 Å². The minimum Gasteiger partial charge on any atom is -0.488 e.